The fraction of sp³-hybridized carbons (Fsp3) is 0.278. The average molecular weight is 283 g/mol. The van der Waals surface area contributed by atoms with Gasteiger partial charge in [-0.1, -0.05) is 54.1 Å². The first-order valence-corrected chi connectivity index (χ1v) is 7.15. The van der Waals surface area contributed by atoms with Crippen LogP contribution in [0, 0.1) is 6.92 Å². The first-order chi connectivity index (χ1) is 10.1. The van der Waals surface area contributed by atoms with Gasteiger partial charge in [0, 0.05) is 12.6 Å². The predicted molar refractivity (Wildman–Crippen MR) is 84.2 cm³/mol. The molecular weight excluding hydrogens is 262 g/mol. The van der Waals surface area contributed by atoms with E-state index in [1.807, 2.05) is 24.3 Å². The summed E-state index contributed by atoms with van der Waals surface area (Å²) >= 11 is 0. The molecule has 0 saturated heterocycles. The third-order valence-electron chi connectivity index (χ3n) is 3.64. The molecule has 0 radical (unpaired) electrons. The molecule has 0 bridgehead atoms. The zero-order valence-electron chi connectivity index (χ0n) is 12.5. The molecule has 0 aliphatic heterocycles. The predicted octanol–water partition coefficient (Wildman–Crippen LogP) is 3.47. The van der Waals surface area contributed by atoms with Gasteiger partial charge in [0.15, 0.2) is 0 Å². The smallest absolute Gasteiger partial charge is 0.307 e. The van der Waals surface area contributed by atoms with Crippen molar-refractivity contribution in [3.05, 3.63) is 70.8 Å². The minimum absolute atomic E-state index is 0.0662. The summed E-state index contributed by atoms with van der Waals surface area (Å²) < 4.78 is 0. The molecule has 0 unspecified atom stereocenters. The SMILES string of the molecule is Cc1ccc([C@@H](C)NCc2ccccc2CC(=O)O)cc1. The van der Waals surface area contributed by atoms with Crippen LogP contribution < -0.4 is 5.32 Å². The van der Waals surface area contributed by atoms with Gasteiger partial charge < -0.3 is 10.4 Å². The van der Waals surface area contributed by atoms with E-state index in [-0.39, 0.29) is 12.5 Å². The van der Waals surface area contributed by atoms with E-state index in [1.54, 1.807) is 0 Å². The molecule has 0 heterocycles. The topological polar surface area (TPSA) is 49.3 Å². The molecule has 3 nitrogen and oxygen atoms in total. The Bertz CT molecular complexity index is 605. The Kier molecular flexibility index (Phi) is 5.12. The van der Waals surface area contributed by atoms with Crippen molar-refractivity contribution in [1.29, 1.82) is 0 Å². The van der Waals surface area contributed by atoms with Gasteiger partial charge in [0.2, 0.25) is 0 Å². The summed E-state index contributed by atoms with van der Waals surface area (Å²) in [4.78, 5) is 10.9. The van der Waals surface area contributed by atoms with Gasteiger partial charge in [0.05, 0.1) is 6.42 Å². The first kappa shape index (κ1) is 15.3. The maximum Gasteiger partial charge on any atom is 0.307 e. The van der Waals surface area contributed by atoms with E-state index in [9.17, 15) is 4.79 Å². The number of carbonyl (C=O) groups is 1. The van der Waals surface area contributed by atoms with E-state index >= 15 is 0 Å². The van der Waals surface area contributed by atoms with Crippen LogP contribution >= 0.6 is 0 Å². The molecule has 0 aliphatic carbocycles. The molecular formula is C18H21NO2. The zero-order valence-corrected chi connectivity index (χ0v) is 12.5. The number of aryl methyl sites for hydroxylation is 1. The highest BCUT2D eigenvalue weighted by Crippen LogP contribution is 2.15. The molecule has 0 aromatic heterocycles. The molecule has 2 rings (SSSR count). The number of carboxylic acids is 1. The number of benzene rings is 2. The molecule has 2 aromatic rings. The normalized spacial score (nSPS) is 12.1. The summed E-state index contributed by atoms with van der Waals surface area (Å²) in [7, 11) is 0. The monoisotopic (exact) mass is 283 g/mol. The summed E-state index contributed by atoms with van der Waals surface area (Å²) in [6.45, 7) is 4.85. The van der Waals surface area contributed by atoms with E-state index in [2.05, 4.69) is 43.4 Å². The quantitative estimate of drug-likeness (QED) is 0.853. The summed E-state index contributed by atoms with van der Waals surface area (Å²) in [5.41, 5.74) is 4.39. The van der Waals surface area contributed by atoms with Gasteiger partial charge in [-0.15, -0.1) is 0 Å². The van der Waals surface area contributed by atoms with Crippen molar-refractivity contribution in [3.63, 3.8) is 0 Å². The number of carboxylic acid groups (broad SMARTS) is 1. The van der Waals surface area contributed by atoms with E-state index < -0.39 is 5.97 Å². The lowest BCUT2D eigenvalue weighted by molar-refractivity contribution is -0.136. The number of aliphatic carboxylic acids is 1. The maximum atomic E-state index is 10.9. The lowest BCUT2D eigenvalue weighted by atomic mass is 10.0. The Labute approximate surface area is 125 Å². The Morgan fingerprint density at radius 2 is 1.71 bits per heavy atom. The molecule has 0 spiro atoms. The summed E-state index contributed by atoms with van der Waals surface area (Å²) in [5.74, 6) is -0.797. The molecule has 0 amide bonds. The van der Waals surface area contributed by atoms with Crippen LogP contribution in [0.5, 0.6) is 0 Å². The zero-order chi connectivity index (χ0) is 15.2. The molecule has 3 heteroatoms. The minimum atomic E-state index is -0.797. The number of rotatable bonds is 6. The van der Waals surface area contributed by atoms with E-state index in [0.29, 0.717) is 6.54 Å². The van der Waals surface area contributed by atoms with E-state index in [1.165, 1.54) is 11.1 Å². The van der Waals surface area contributed by atoms with Crippen LogP contribution in [-0.4, -0.2) is 11.1 Å². The van der Waals surface area contributed by atoms with Gasteiger partial charge in [0.1, 0.15) is 0 Å². The average Bonchev–Trinajstić information content (AvgIpc) is 2.46. The molecule has 110 valence electrons. The van der Waals surface area contributed by atoms with Crippen LogP contribution in [0.2, 0.25) is 0 Å². The Balaban J connectivity index is 2.02. The minimum Gasteiger partial charge on any atom is -0.481 e. The summed E-state index contributed by atoms with van der Waals surface area (Å²) in [6.07, 6.45) is 0.0662. The molecule has 0 aliphatic rings. The van der Waals surface area contributed by atoms with Crippen molar-refractivity contribution in [2.45, 2.75) is 32.9 Å². The second kappa shape index (κ2) is 7.04. The third-order valence-corrected chi connectivity index (χ3v) is 3.64. The lowest BCUT2D eigenvalue weighted by Crippen LogP contribution is -2.19. The molecule has 21 heavy (non-hydrogen) atoms. The molecule has 0 saturated carbocycles. The Hall–Kier alpha value is -2.13. The van der Waals surface area contributed by atoms with Crippen LogP contribution in [-0.2, 0) is 17.8 Å². The fourth-order valence-electron chi connectivity index (χ4n) is 2.30. The van der Waals surface area contributed by atoms with Crippen LogP contribution in [0.4, 0.5) is 0 Å². The van der Waals surface area contributed by atoms with Crippen LogP contribution in [0.1, 0.15) is 35.2 Å². The second-order valence-corrected chi connectivity index (χ2v) is 5.35. The molecule has 2 N–H and O–H groups in total. The number of hydrogen-bond acceptors (Lipinski definition) is 2. The standard InChI is InChI=1S/C18H21NO2/c1-13-7-9-15(10-8-13)14(2)19-12-17-6-4-3-5-16(17)11-18(20)21/h3-10,14,19H,11-12H2,1-2H3,(H,20,21)/t14-/m1/s1. The fourth-order valence-corrected chi connectivity index (χ4v) is 2.30. The second-order valence-electron chi connectivity index (χ2n) is 5.35. The Morgan fingerprint density at radius 3 is 2.33 bits per heavy atom. The summed E-state index contributed by atoms with van der Waals surface area (Å²) in [5, 5.41) is 12.4. The van der Waals surface area contributed by atoms with Crippen LogP contribution in [0.3, 0.4) is 0 Å². The van der Waals surface area contributed by atoms with Crippen molar-refractivity contribution in [3.8, 4) is 0 Å². The maximum absolute atomic E-state index is 10.9. The van der Waals surface area contributed by atoms with E-state index in [0.717, 1.165) is 11.1 Å². The van der Waals surface area contributed by atoms with Gasteiger partial charge in [0.25, 0.3) is 0 Å². The summed E-state index contributed by atoms with van der Waals surface area (Å²) in [6, 6.07) is 16.4. The third kappa shape index (κ3) is 4.43. The number of hydrogen-bond donors (Lipinski definition) is 2. The van der Waals surface area contributed by atoms with Crippen LogP contribution in [0.15, 0.2) is 48.5 Å². The van der Waals surface area contributed by atoms with Gasteiger partial charge >= 0.3 is 5.97 Å². The largest absolute Gasteiger partial charge is 0.481 e. The van der Waals surface area contributed by atoms with Crippen molar-refractivity contribution in [2.75, 3.05) is 0 Å². The van der Waals surface area contributed by atoms with Gasteiger partial charge in [-0.2, -0.15) is 0 Å². The van der Waals surface area contributed by atoms with Crippen LogP contribution in [0.25, 0.3) is 0 Å². The molecule has 0 fully saturated rings. The van der Waals surface area contributed by atoms with Gasteiger partial charge in [-0.3, -0.25) is 4.79 Å². The highest BCUT2D eigenvalue weighted by molar-refractivity contribution is 5.70. The van der Waals surface area contributed by atoms with Gasteiger partial charge in [-0.05, 0) is 30.5 Å². The molecule has 2 aromatic carbocycles. The number of nitrogens with one attached hydrogen (secondary N) is 1. The van der Waals surface area contributed by atoms with Crippen molar-refractivity contribution >= 4 is 5.97 Å². The van der Waals surface area contributed by atoms with E-state index in [4.69, 9.17) is 5.11 Å². The molecule has 1 atom stereocenters. The Morgan fingerprint density at radius 1 is 1.10 bits per heavy atom. The lowest BCUT2D eigenvalue weighted by Gasteiger charge is -2.16. The van der Waals surface area contributed by atoms with Gasteiger partial charge in [-0.25, -0.2) is 0 Å². The van der Waals surface area contributed by atoms with Crippen molar-refractivity contribution < 1.29 is 9.90 Å². The first-order valence-electron chi connectivity index (χ1n) is 7.15. The van der Waals surface area contributed by atoms with Crippen molar-refractivity contribution in [1.82, 2.24) is 5.32 Å². The highest BCUT2D eigenvalue weighted by atomic mass is 16.4. The van der Waals surface area contributed by atoms with Crippen molar-refractivity contribution in [2.24, 2.45) is 0 Å². The highest BCUT2D eigenvalue weighted by Gasteiger charge is 2.08.